The number of rotatable bonds is 2. The van der Waals surface area contributed by atoms with Crippen molar-refractivity contribution >= 4 is 11.7 Å². The first-order valence-corrected chi connectivity index (χ1v) is 4.72. The van der Waals surface area contributed by atoms with E-state index in [1.807, 2.05) is 0 Å². The molecule has 2 N–H and O–H groups in total. The number of carbonyl (C=O) groups is 1. The second-order valence-corrected chi connectivity index (χ2v) is 3.21. The number of benzene rings is 1. The third-order valence-electron chi connectivity index (χ3n) is 2.01. The molecule has 1 amide bonds. The molecule has 5 nitrogen and oxygen atoms in total. The number of amides is 1. The summed E-state index contributed by atoms with van der Waals surface area (Å²) in [5.41, 5.74) is -0.157. The van der Waals surface area contributed by atoms with Crippen molar-refractivity contribution in [2.24, 2.45) is 0 Å². The molecule has 2 aromatic rings. The van der Waals surface area contributed by atoms with E-state index in [-0.39, 0.29) is 17.1 Å². The van der Waals surface area contributed by atoms with Crippen LogP contribution in [0.25, 0.3) is 0 Å². The highest BCUT2D eigenvalue weighted by Gasteiger charge is 2.12. The van der Waals surface area contributed by atoms with Gasteiger partial charge in [-0.15, -0.1) is 0 Å². The maximum atomic E-state index is 12.9. The Morgan fingerprint density at radius 1 is 1.35 bits per heavy atom. The van der Waals surface area contributed by atoms with Crippen molar-refractivity contribution in [2.45, 2.75) is 0 Å². The molecule has 0 bridgehead atoms. The van der Waals surface area contributed by atoms with Crippen molar-refractivity contribution in [1.29, 1.82) is 0 Å². The van der Waals surface area contributed by atoms with Gasteiger partial charge < -0.3 is 10.4 Å². The lowest BCUT2D eigenvalue weighted by Gasteiger charge is -2.05. The summed E-state index contributed by atoms with van der Waals surface area (Å²) in [4.78, 5) is 19.3. The fourth-order valence-electron chi connectivity index (χ4n) is 1.24. The molecule has 0 radical (unpaired) electrons. The maximum absolute atomic E-state index is 12.9. The number of carbonyl (C=O) groups excluding carboxylic acids is 1. The molecule has 0 spiro atoms. The third kappa shape index (κ3) is 2.54. The zero-order valence-electron chi connectivity index (χ0n) is 8.59. The van der Waals surface area contributed by atoms with Crippen molar-refractivity contribution in [3.63, 3.8) is 0 Å². The van der Waals surface area contributed by atoms with Gasteiger partial charge in [0.1, 0.15) is 11.6 Å². The van der Waals surface area contributed by atoms with Gasteiger partial charge in [-0.25, -0.2) is 9.37 Å². The molecule has 0 fully saturated rings. The van der Waals surface area contributed by atoms with Crippen molar-refractivity contribution in [2.75, 3.05) is 5.32 Å². The molecule has 0 atom stereocenters. The zero-order chi connectivity index (χ0) is 12.3. The van der Waals surface area contributed by atoms with Crippen LogP contribution in [0.3, 0.4) is 0 Å². The van der Waals surface area contributed by atoms with Gasteiger partial charge in [-0.2, -0.15) is 0 Å². The van der Waals surface area contributed by atoms with Gasteiger partial charge in [0.25, 0.3) is 5.91 Å². The minimum Gasteiger partial charge on any atom is -0.507 e. The summed E-state index contributed by atoms with van der Waals surface area (Å²) in [6, 6.07) is 3.12. The van der Waals surface area contributed by atoms with Crippen LogP contribution in [0.1, 0.15) is 10.4 Å². The van der Waals surface area contributed by atoms with Crippen LogP contribution in [0.4, 0.5) is 10.2 Å². The van der Waals surface area contributed by atoms with Gasteiger partial charge in [0.05, 0.1) is 11.8 Å². The lowest BCUT2D eigenvalue weighted by atomic mass is 10.2. The van der Waals surface area contributed by atoms with Crippen LogP contribution in [0.2, 0.25) is 0 Å². The zero-order valence-corrected chi connectivity index (χ0v) is 8.59. The standard InChI is InChI=1S/C11H8FN3O2/c12-7-1-2-9(16)8(5-7)11(17)15-10-6-13-3-4-14-10/h1-6,16H,(H,14,15,17). The topological polar surface area (TPSA) is 75.1 Å². The Labute approximate surface area is 96.0 Å². The number of hydrogen-bond acceptors (Lipinski definition) is 4. The molecule has 0 aliphatic heterocycles. The van der Waals surface area contributed by atoms with E-state index in [4.69, 9.17) is 0 Å². The first kappa shape index (κ1) is 11.0. The second-order valence-electron chi connectivity index (χ2n) is 3.21. The molecule has 2 rings (SSSR count). The number of nitrogens with one attached hydrogen (secondary N) is 1. The predicted molar refractivity (Wildman–Crippen MR) is 58.1 cm³/mol. The van der Waals surface area contributed by atoms with E-state index >= 15 is 0 Å². The van der Waals surface area contributed by atoms with Gasteiger partial charge in [0.15, 0.2) is 5.82 Å². The normalized spacial score (nSPS) is 9.94. The Morgan fingerprint density at radius 2 is 2.18 bits per heavy atom. The Bertz CT molecular complexity index is 546. The van der Waals surface area contributed by atoms with Gasteiger partial charge in [-0.3, -0.25) is 9.78 Å². The van der Waals surface area contributed by atoms with E-state index in [9.17, 15) is 14.3 Å². The van der Waals surface area contributed by atoms with Crippen molar-refractivity contribution in [3.05, 3.63) is 48.2 Å². The molecule has 86 valence electrons. The average Bonchev–Trinajstić information content (AvgIpc) is 2.33. The van der Waals surface area contributed by atoms with Crippen LogP contribution >= 0.6 is 0 Å². The van der Waals surface area contributed by atoms with Crippen LogP contribution < -0.4 is 5.32 Å². The minimum absolute atomic E-state index is 0.157. The molecule has 0 unspecified atom stereocenters. The van der Waals surface area contributed by atoms with Crippen molar-refractivity contribution in [3.8, 4) is 5.75 Å². The van der Waals surface area contributed by atoms with E-state index in [0.29, 0.717) is 0 Å². The highest BCUT2D eigenvalue weighted by molar-refractivity contribution is 6.05. The van der Waals surface area contributed by atoms with Crippen LogP contribution in [0.15, 0.2) is 36.8 Å². The van der Waals surface area contributed by atoms with Crippen LogP contribution in [0.5, 0.6) is 5.75 Å². The van der Waals surface area contributed by atoms with Gasteiger partial charge in [-0.1, -0.05) is 0 Å². The smallest absolute Gasteiger partial charge is 0.260 e. The van der Waals surface area contributed by atoms with Crippen molar-refractivity contribution in [1.82, 2.24) is 9.97 Å². The Kier molecular flexibility index (Phi) is 2.95. The molecule has 1 aromatic heterocycles. The molecule has 0 saturated carbocycles. The Hall–Kier alpha value is -2.50. The maximum Gasteiger partial charge on any atom is 0.260 e. The number of halogens is 1. The first-order valence-electron chi connectivity index (χ1n) is 4.72. The van der Waals surface area contributed by atoms with Gasteiger partial charge in [0, 0.05) is 12.4 Å². The molecule has 17 heavy (non-hydrogen) atoms. The molecular weight excluding hydrogens is 225 g/mol. The van der Waals surface area contributed by atoms with E-state index in [0.717, 1.165) is 18.2 Å². The summed E-state index contributed by atoms with van der Waals surface area (Å²) < 4.78 is 12.9. The van der Waals surface area contributed by atoms with Gasteiger partial charge in [0.2, 0.25) is 0 Å². The monoisotopic (exact) mass is 233 g/mol. The fraction of sp³-hybridized carbons (Fsp3) is 0. The Balaban J connectivity index is 2.23. The molecule has 0 saturated heterocycles. The highest BCUT2D eigenvalue weighted by atomic mass is 19.1. The molecule has 0 aliphatic carbocycles. The quantitative estimate of drug-likeness (QED) is 0.825. The first-order chi connectivity index (χ1) is 8.16. The van der Waals surface area contributed by atoms with E-state index in [1.54, 1.807) is 0 Å². The molecule has 6 heteroatoms. The lowest BCUT2D eigenvalue weighted by molar-refractivity contribution is 0.102. The summed E-state index contributed by atoms with van der Waals surface area (Å²) in [5, 5.41) is 11.8. The number of phenols is 1. The number of anilines is 1. The largest absolute Gasteiger partial charge is 0.507 e. The molecule has 1 aromatic carbocycles. The summed E-state index contributed by atoms with van der Waals surface area (Å²) in [6.45, 7) is 0. The summed E-state index contributed by atoms with van der Waals surface area (Å²) in [5.74, 6) is -1.33. The fourth-order valence-corrected chi connectivity index (χ4v) is 1.24. The number of hydrogen-bond donors (Lipinski definition) is 2. The van der Waals surface area contributed by atoms with E-state index in [2.05, 4.69) is 15.3 Å². The number of aromatic hydroxyl groups is 1. The van der Waals surface area contributed by atoms with Crippen molar-refractivity contribution < 1.29 is 14.3 Å². The number of phenolic OH excluding ortho intramolecular Hbond substituents is 1. The van der Waals surface area contributed by atoms with Gasteiger partial charge >= 0.3 is 0 Å². The lowest BCUT2D eigenvalue weighted by Crippen LogP contribution is -2.13. The number of nitrogens with zero attached hydrogens (tertiary/aromatic N) is 2. The Morgan fingerprint density at radius 3 is 2.88 bits per heavy atom. The highest BCUT2D eigenvalue weighted by Crippen LogP contribution is 2.18. The van der Waals surface area contributed by atoms with Crippen LogP contribution in [-0.2, 0) is 0 Å². The van der Waals surface area contributed by atoms with Crippen LogP contribution in [0, 0.1) is 5.82 Å². The third-order valence-corrected chi connectivity index (χ3v) is 2.01. The summed E-state index contributed by atoms with van der Waals surface area (Å²) in [6.07, 6.45) is 4.20. The predicted octanol–water partition coefficient (Wildman–Crippen LogP) is 1.57. The summed E-state index contributed by atoms with van der Waals surface area (Å²) in [7, 11) is 0. The van der Waals surface area contributed by atoms with E-state index < -0.39 is 11.7 Å². The average molecular weight is 233 g/mol. The van der Waals surface area contributed by atoms with Crippen LogP contribution in [-0.4, -0.2) is 21.0 Å². The van der Waals surface area contributed by atoms with E-state index in [1.165, 1.54) is 18.6 Å². The molecule has 1 heterocycles. The number of aromatic nitrogens is 2. The molecular formula is C11H8FN3O2. The molecule has 0 aliphatic rings. The second kappa shape index (κ2) is 4.56. The van der Waals surface area contributed by atoms with Gasteiger partial charge in [-0.05, 0) is 18.2 Å². The minimum atomic E-state index is -0.650. The summed E-state index contributed by atoms with van der Waals surface area (Å²) >= 11 is 0. The SMILES string of the molecule is O=C(Nc1cnccn1)c1cc(F)ccc1O.